The lowest BCUT2D eigenvalue weighted by atomic mass is 9.68. The van der Waals surface area contributed by atoms with Crippen LogP contribution in [0.2, 0.25) is 0 Å². The number of rotatable bonds is 12. The standard InChI is InChI=1S/C34H31ClO5/c1-2-19-38-21-27(37)23-40-29-17-13-25(14-18-29)34(24-11-15-28(16-12-24)39-22-26(36)20-35)32-9-5-3-7-30(32)31-8-4-6-10-33(31)34/h1,3-18,26-27,36-37H,19-23H2/t26-,27-/m1/s1. The van der Waals surface area contributed by atoms with E-state index in [1.165, 1.54) is 22.3 Å². The van der Waals surface area contributed by atoms with Crippen molar-refractivity contribution >= 4 is 11.6 Å². The number of aliphatic hydroxyl groups excluding tert-OH is 2. The van der Waals surface area contributed by atoms with Crippen LogP contribution in [-0.4, -0.2) is 54.7 Å². The van der Waals surface area contributed by atoms with Gasteiger partial charge in [0.1, 0.15) is 43.5 Å². The van der Waals surface area contributed by atoms with Crippen molar-refractivity contribution in [1.82, 2.24) is 0 Å². The first-order valence-electron chi connectivity index (χ1n) is 13.2. The van der Waals surface area contributed by atoms with Crippen LogP contribution >= 0.6 is 11.6 Å². The average Bonchev–Trinajstić information content (AvgIpc) is 3.31. The Morgan fingerprint density at radius 3 is 1.62 bits per heavy atom. The lowest BCUT2D eigenvalue weighted by molar-refractivity contribution is 0.0229. The fraction of sp³-hybridized carbons (Fsp3) is 0.235. The molecule has 0 aliphatic heterocycles. The van der Waals surface area contributed by atoms with Crippen molar-refractivity contribution in [3.63, 3.8) is 0 Å². The highest BCUT2D eigenvalue weighted by molar-refractivity contribution is 6.18. The Balaban J connectivity index is 1.52. The zero-order chi connectivity index (χ0) is 28.0. The van der Waals surface area contributed by atoms with Crippen LogP contribution < -0.4 is 9.47 Å². The number of hydrogen-bond acceptors (Lipinski definition) is 5. The molecule has 0 amide bonds. The van der Waals surface area contributed by atoms with E-state index in [9.17, 15) is 10.2 Å². The summed E-state index contributed by atoms with van der Waals surface area (Å²) in [6.45, 7) is 0.495. The number of terminal acetylenes is 1. The van der Waals surface area contributed by atoms with Crippen molar-refractivity contribution < 1.29 is 24.4 Å². The number of halogens is 1. The van der Waals surface area contributed by atoms with Gasteiger partial charge in [0.15, 0.2) is 0 Å². The molecule has 0 spiro atoms. The lowest BCUT2D eigenvalue weighted by Gasteiger charge is -2.34. The molecule has 4 aromatic rings. The highest BCUT2D eigenvalue weighted by Crippen LogP contribution is 2.56. The molecule has 0 radical (unpaired) electrons. The normalized spacial score (nSPS) is 14.4. The van der Waals surface area contributed by atoms with Gasteiger partial charge in [-0.2, -0.15) is 0 Å². The van der Waals surface area contributed by atoms with Crippen molar-refractivity contribution in [3.05, 3.63) is 119 Å². The maximum absolute atomic E-state index is 10.1. The summed E-state index contributed by atoms with van der Waals surface area (Å²) in [6.07, 6.45) is 3.69. The molecule has 1 aliphatic carbocycles. The van der Waals surface area contributed by atoms with Gasteiger partial charge in [0.25, 0.3) is 0 Å². The zero-order valence-corrected chi connectivity index (χ0v) is 22.8. The SMILES string of the molecule is C#CCOC[C@@H](O)COc1ccc(C2(c3ccc(OC[C@H](O)CCl)cc3)c3ccccc3-c3ccccc32)cc1. The van der Waals surface area contributed by atoms with Gasteiger partial charge in [-0.25, -0.2) is 0 Å². The summed E-state index contributed by atoms with van der Waals surface area (Å²) < 4.78 is 16.8. The summed E-state index contributed by atoms with van der Waals surface area (Å²) in [7, 11) is 0. The molecule has 2 N–H and O–H groups in total. The zero-order valence-electron chi connectivity index (χ0n) is 22.0. The van der Waals surface area contributed by atoms with Crippen LogP contribution in [0.25, 0.3) is 11.1 Å². The summed E-state index contributed by atoms with van der Waals surface area (Å²) in [6, 6.07) is 33.1. The minimum absolute atomic E-state index is 0.0978. The second-order valence-electron chi connectivity index (χ2n) is 9.69. The molecule has 2 atom stereocenters. The van der Waals surface area contributed by atoms with Crippen LogP contribution in [0.15, 0.2) is 97.1 Å². The highest BCUT2D eigenvalue weighted by atomic mass is 35.5. The minimum atomic E-state index is -0.778. The third kappa shape index (κ3) is 5.45. The molecule has 4 aromatic carbocycles. The largest absolute Gasteiger partial charge is 0.491 e. The number of ether oxygens (including phenoxy) is 3. The van der Waals surface area contributed by atoms with Gasteiger partial charge in [-0.3, -0.25) is 0 Å². The molecule has 0 bridgehead atoms. The quantitative estimate of drug-likeness (QED) is 0.122. The smallest absolute Gasteiger partial charge is 0.119 e. The summed E-state index contributed by atoms with van der Waals surface area (Å²) in [4.78, 5) is 0. The van der Waals surface area contributed by atoms with Gasteiger partial charge in [-0.15, -0.1) is 18.0 Å². The molecule has 0 aromatic heterocycles. The van der Waals surface area contributed by atoms with Crippen molar-refractivity contribution in [3.8, 4) is 35.0 Å². The van der Waals surface area contributed by atoms with E-state index >= 15 is 0 Å². The number of benzene rings is 4. The van der Waals surface area contributed by atoms with Crippen LogP contribution in [0.4, 0.5) is 0 Å². The molecule has 40 heavy (non-hydrogen) atoms. The molecule has 0 unspecified atom stereocenters. The number of hydrogen-bond donors (Lipinski definition) is 2. The first kappa shape index (κ1) is 27.8. The van der Waals surface area contributed by atoms with Crippen LogP contribution in [0, 0.1) is 12.3 Å². The second kappa shape index (κ2) is 12.6. The van der Waals surface area contributed by atoms with E-state index in [-0.39, 0.29) is 32.3 Å². The van der Waals surface area contributed by atoms with Crippen molar-refractivity contribution in [1.29, 1.82) is 0 Å². The summed E-state index contributed by atoms with van der Waals surface area (Å²) in [5, 5.41) is 19.9. The lowest BCUT2D eigenvalue weighted by Crippen LogP contribution is -2.28. The van der Waals surface area contributed by atoms with Crippen molar-refractivity contribution in [2.75, 3.05) is 32.3 Å². The van der Waals surface area contributed by atoms with Gasteiger partial charge < -0.3 is 24.4 Å². The van der Waals surface area contributed by atoms with E-state index in [1.54, 1.807) is 0 Å². The molecule has 204 valence electrons. The Hall–Kier alpha value is -3.79. The van der Waals surface area contributed by atoms with Crippen LogP contribution in [0.5, 0.6) is 11.5 Å². The molecule has 5 nitrogen and oxygen atoms in total. The Bertz CT molecular complexity index is 1410. The Kier molecular flexibility index (Phi) is 8.74. The van der Waals surface area contributed by atoms with E-state index in [0.717, 1.165) is 11.1 Å². The summed E-state index contributed by atoms with van der Waals surface area (Å²) in [5.41, 5.74) is 6.38. The monoisotopic (exact) mass is 554 g/mol. The van der Waals surface area contributed by atoms with Crippen LogP contribution in [0.3, 0.4) is 0 Å². The van der Waals surface area contributed by atoms with Gasteiger partial charge in [0.2, 0.25) is 0 Å². The van der Waals surface area contributed by atoms with Crippen molar-refractivity contribution in [2.45, 2.75) is 17.6 Å². The van der Waals surface area contributed by atoms with E-state index in [2.05, 4.69) is 78.7 Å². The molecule has 0 saturated carbocycles. The molecular formula is C34H31ClO5. The fourth-order valence-electron chi connectivity index (χ4n) is 5.36. The van der Waals surface area contributed by atoms with E-state index < -0.39 is 17.6 Å². The third-order valence-electron chi connectivity index (χ3n) is 7.09. The molecular weight excluding hydrogens is 524 g/mol. The summed E-state index contributed by atoms with van der Waals surface area (Å²) >= 11 is 5.72. The molecule has 0 saturated heterocycles. The third-order valence-corrected chi connectivity index (χ3v) is 7.44. The number of fused-ring (bicyclic) bond motifs is 3. The Morgan fingerprint density at radius 1 is 0.675 bits per heavy atom. The Morgan fingerprint density at radius 2 is 1.15 bits per heavy atom. The van der Waals surface area contributed by atoms with E-state index in [1.807, 2.05) is 24.3 Å². The topological polar surface area (TPSA) is 68.2 Å². The van der Waals surface area contributed by atoms with Crippen molar-refractivity contribution in [2.24, 2.45) is 0 Å². The van der Waals surface area contributed by atoms with E-state index in [0.29, 0.717) is 11.5 Å². The van der Waals surface area contributed by atoms with Gasteiger partial charge >= 0.3 is 0 Å². The second-order valence-corrected chi connectivity index (χ2v) is 10.0. The van der Waals surface area contributed by atoms with E-state index in [4.69, 9.17) is 32.2 Å². The molecule has 1 aliphatic rings. The van der Waals surface area contributed by atoms with Crippen LogP contribution in [-0.2, 0) is 10.2 Å². The maximum atomic E-state index is 10.1. The first-order valence-corrected chi connectivity index (χ1v) is 13.7. The van der Waals surface area contributed by atoms with Gasteiger partial charge in [-0.1, -0.05) is 78.7 Å². The minimum Gasteiger partial charge on any atom is -0.491 e. The number of aliphatic hydroxyl groups is 2. The molecule has 5 rings (SSSR count). The Labute approximate surface area is 239 Å². The predicted octanol–water partition coefficient (Wildman–Crippen LogP) is 5.42. The summed E-state index contributed by atoms with van der Waals surface area (Å²) in [5.74, 6) is 3.81. The fourth-order valence-corrected chi connectivity index (χ4v) is 5.45. The maximum Gasteiger partial charge on any atom is 0.119 e. The molecule has 0 fully saturated rings. The predicted molar refractivity (Wildman–Crippen MR) is 157 cm³/mol. The number of alkyl halides is 1. The van der Waals surface area contributed by atoms with Gasteiger partial charge in [0, 0.05) is 0 Å². The average molecular weight is 555 g/mol. The molecule has 0 heterocycles. The molecule has 6 heteroatoms. The van der Waals surface area contributed by atoms with Gasteiger partial charge in [0.05, 0.1) is 17.9 Å². The van der Waals surface area contributed by atoms with Crippen LogP contribution in [0.1, 0.15) is 22.3 Å². The van der Waals surface area contributed by atoms with Gasteiger partial charge in [-0.05, 0) is 57.6 Å². The first-order chi connectivity index (χ1) is 19.6. The highest BCUT2D eigenvalue weighted by Gasteiger charge is 2.45.